The Labute approximate surface area is 124 Å². The van der Waals surface area contributed by atoms with E-state index in [1.165, 1.54) is 0 Å². The molecule has 1 amide bonds. The smallest absolute Gasteiger partial charge is 0.254 e. The van der Waals surface area contributed by atoms with Gasteiger partial charge in [-0.1, -0.05) is 6.92 Å². The van der Waals surface area contributed by atoms with Gasteiger partial charge in [-0.2, -0.15) is 0 Å². The van der Waals surface area contributed by atoms with Gasteiger partial charge < -0.3 is 15.1 Å². The Kier molecular flexibility index (Phi) is 4.98. The summed E-state index contributed by atoms with van der Waals surface area (Å²) in [5, 5.41) is 6.16. The molecule has 0 spiro atoms. The molecule has 1 unspecified atom stereocenters. The average molecular weight is 287 g/mol. The number of carbonyl (C=O) groups excluding carboxylic acids is 1. The van der Waals surface area contributed by atoms with E-state index < -0.39 is 0 Å². The number of rotatable bonds is 6. The highest BCUT2D eigenvalue weighted by molar-refractivity contribution is 5.99. The number of hydrogen-bond donors (Lipinski definition) is 2. The van der Waals surface area contributed by atoms with Crippen molar-refractivity contribution in [3.8, 4) is 0 Å². The molecule has 0 saturated heterocycles. The summed E-state index contributed by atoms with van der Waals surface area (Å²) in [7, 11) is 0. The highest BCUT2D eigenvalue weighted by atomic mass is 16.3. The van der Waals surface area contributed by atoms with E-state index in [0.29, 0.717) is 5.56 Å². The van der Waals surface area contributed by atoms with Crippen molar-refractivity contribution >= 4 is 11.6 Å². The standard InChI is InChI=1S/C16H21N3O2/c1-4-8-18-14-10-17-9-7-13(14)16(20)19-12(3)15-6-5-11(2)21-15/h5-7,9-10,12,18H,4,8H2,1-3H3,(H,19,20). The van der Waals surface area contributed by atoms with Gasteiger partial charge in [-0.15, -0.1) is 0 Å². The predicted octanol–water partition coefficient (Wildman–Crippen LogP) is 3.30. The number of hydrogen-bond acceptors (Lipinski definition) is 4. The van der Waals surface area contributed by atoms with Crippen LogP contribution < -0.4 is 10.6 Å². The largest absolute Gasteiger partial charge is 0.464 e. The molecule has 2 N–H and O–H groups in total. The number of aryl methyl sites for hydroxylation is 1. The fraction of sp³-hybridized carbons (Fsp3) is 0.375. The molecule has 5 heteroatoms. The fourth-order valence-electron chi connectivity index (χ4n) is 2.02. The maximum Gasteiger partial charge on any atom is 0.254 e. The first-order valence-corrected chi connectivity index (χ1v) is 7.17. The van der Waals surface area contributed by atoms with Crippen LogP contribution in [0.3, 0.4) is 0 Å². The second-order valence-corrected chi connectivity index (χ2v) is 4.99. The number of anilines is 1. The van der Waals surface area contributed by atoms with Crippen LogP contribution in [0.5, 0.6) is 0 Å². The summed E-state index contributed by atoms with van der Waals surface area (Å²) in [6.07, 6.45) is 4.28. The minimum absolute atomic E-state index is 0.141. The molecule has 0 aliphatic heterocycles. The second-order valence-electron chi connectivity index (χ2n) is 4.99. The molecule has 0 aliphatic carbocycles. The molecule has 5 nitrogen and oxygen atoms in total. The van der Waals surface area contributed by atoms with Gasteiger partial charge in [0.15, 0.2) is 0 Å². The molecule has 1 atom stereocenters. The van der Waals surface area contributed by atoms with E-state index in [1.807, 2.05) is 26.0 Å². The van der Waals surface area contributed by atoms with Crippen molar-refractivity contribution in [1.29, 1.82) is 0 Å². The van der Waals surface area contributed by atoms with Gasteiger partial charge in [-0.25, -0.2) is 0 Å². The van der Waals surface area contributed by atoms with Crippen LogP contribution in [0.15, 0.2) is 35.0 Å². The highest BCUT2D eigenvalue weighted by Gasteiger charge is 2.16. The minimum Gasteiger partial charge on any atom is -0.464 e. The number of amides is 1. The highest BCUT2D eigenvalue weighted by Crippen LogP contribution is 2.18. The van der Waals surface area contributed by atoms with Gasteiger partial charge in [-0.3, -0.25) is 9.78 Å². The summed E-state index contributed by atoms with van der Waals surface area (Å²) >= 11 is 0. The average Bonchev–Trinajstić information content (AvgIpc) is 2.92. The molecule has 2 aromatic rings. The maximum absolute atomic E-state index is 12.4. The molecule has 0 bridgehead atoms. The summed E-state index contributed by atoms with van der Waals surface area (Å²) in [4.78, 5) is 16.5. The van der Waals surface area contributed by atoms with Gasteiger partial charge in [-0.05, 0) is 38.5 Å². The second kappa shape index (κ2) is 6.92. The van der Waals surface area contributed by atoms with Crippen LogP contribution in [0.4, 0.5) is 5.69 Å². The number of nitrogens with zero attached hydrogens (tertiary/aromatic N) is 1. The zero-order chi connectivity index (χ0) is 15.2. The summed E-state index contributed by atoms with van der Waals surface area (Å²) in [5.74, 6) is 1.44. The Morgan fingerprint density at radius 1 is 1.38 bits per heavy atom. The van der Waals surface area contributed by atoms with E-state index in [9.17, 15) is 4.79 Å². The Morgan fingerprint density at radius 2 is 2.19 bits per heavy atom. The summed E-state index contributed by atoms with van der Waals surface area (Å²) in [6.45, 7) is 6.66. The molecule has 2 aromatic heterocycles. The van der Waals surface area contributed by atoms with Crippen LogP contribution in [0.25, 0.3) is 0 Å². The minimum atomic E-state index is -0.182. The molecule has 0 aromatic carbocycles. The summed E-state index contributed by atoms with van der Waals surface area (Å²) < 4.78 is 5.53. The van der Waals surface area contributed by atoms with Crippen LogP contribution in [-0.4, -0.2) is 17.4 Å². The first-order valence-electron chi connectivity index (χ1n) is 7.17. The number of nitrogens with one attached hydrogen (secondary N) is 2. The third-order valence-electron chi connectivity index (χ3n) is 3.17. The Hall–Kier alpha value is -2.30. The fourth-order valence-corrected chi connectivity index (χ4v) is 2.02. The number of aromatic nitrogens is 1. The van der Waals surface area contributed by atoms with Crippen molar-refractivity contribution in [2.75, 3.05) is 11.9 Å². The van der Waals surface area contributed by atoms with Crippen LogP contribution in [0.2, 0.25) is 0 Å². The SMILES string of the molecule is CCCNc1cnccc1C(=O)NC(C)c1ccc(C)o1. The van der Waals surface area contributed by atoms with E-state index in [-0.39, 0.29) is 11.9 Å². The molecule has 0 saturated carbocycles. The third-order valence-corrected chi connectivity index (χ3v) is 3.17. The lowest BCUT2D eigenvalue weighted by atomic mass is 10.2. The van der Waals surface area contributed by atoms with Crippen molar-refractivity contribution in [2.24, 2.45) is 0 Å². The van der Waals surface area contributed by atoms with Gasteiger partial charge in [0.05, 0.1) is 23.5 Å². The van der Waals surface area contributed by atoms with Gasteiger partial charge in [0.2, 0.25) is 0 Å². The molecule has 21 heavy (non-hydrogen) atoms. The van der Waals surface area contributed by atoms with E-state index in [0.717, 1.165) is 30.2 Å². The van der Waals surface area contributed by atoms with Gasteiger partial charge in [0.1, 0.15) is 11.5 Å². The first-order chi connectivity index (χ1) is 10.1. The van der Waals surface area contributed by atoms with Crippen LogP contribution in [0.1, 0.15) is 48.2 Å². The predicted molar refractivity (Wildman–Crippen MR) is 82.3 cm³/mol. The van der Waals surface area contributed by atoms with Crippen molar-refractivity contribution in [3.05, 3.63) is 47.7 Å². The lowest BCUT2D eigenvalue weighted by Crippen LogP contribution is -2.27. The maximum atomic E-state index is 12.4. The zero-order valence-corrected chi connectivity index (χ0v) is 12.6. The van der Waals surface area contributed by atoms with Crippen molar-refractivity contribution < 1.29 is 9.21 Å². The van der Waals surface area contributed by atoms with Crippen molar-refractivity contribution in [2.45, 2.75) is 33.2 Å². The van der Waals surface area contributed by atoms with Gasteiger partial charge in [0.25, 0.3) is 5.91 Å². The number of furan rings is 1. The third kappa shape index (κ3) is 3.84. The quantitative estimate of drug-likeness (QED) is 0.855. The lowest BCUT2D eigenvalue weighted by Gasteiger charge is -2.14. The Balaban J connectivity index is 2.09. The van der Waals surface area contributed by atoms with E-state index in [4.69, 9.17) is 4.42 Å². The van der Waals surface area contributed by atoms with Crippen LogP contribution >= 0.6 is 0 Å². The monoisotopic (exact) mass is 287 g/mol. The topological polar surface area (TPSA) is 67.2 Å². The Bertz CT molecular complexity index is 607. The first kappa shape index (κ1) is 15.1. The van der Waals surface area contributed by atoms with Crippen LogP contribution in [-0.2, 0) is 0 Å². The summed E-state index contributed by atoms with van der Waals surface area (Å²) in [5.41, 5.74) is 1.34. The van der Waals surface area contributed by atoms with E-state index in [1.54, 1.807) is 18.5 Å². The van der Waals surface area contributed by atoms with E-state index >= 15 is 0 Å². The van der Waals surface area contributed by atoms with Crippen molar-refractivity contribution in [3.63, 3.8) is 0 Å². The van der Waals surface area contributed by atoms with E-state index in [2.05, 4.69) is 22.5 Å². The lowest BCUT2D eigenvalue weighted by molar-refractivity contribution is 0.0936. The van der Waals surface area contributed by atoms with Crippen molar-refractivity contribution in [1.82, 2.24) is 10.3 Å². The van der Waals surface area contributed by atoms with Gasteiger partial charge in [0, 0.05) is 12.7 Å². The molecule has 2 heterocycles. The Morgan fingerprint density at radius 3 is 2.86 bits per heavy atom. The number of pyridine rings is 1. The number of carbonyl (C=O) groups is 1. The molecular weight excluding hydrogens is 266 g/mol. The molecule has 0 aliphatic rings. The molecule has 112 valence electrons. The molecule has 0 fully saturated rings. The van der Waals surface area contributed by atoms with Crippen LogP contribution in [0, 0.1) is 6.92 Å². The molecular formula is C16H21N3O2. The summed E-state index contributed by atoms with van der Waals surface area (Å²) in [6, 6.07) is 5.30. The molecule has 0 radical (unpaired) electrons. The normalized spacial score (nSPS) is 12.0. The molecule has 2 rings (SSSR count). The zero-order valence-electron chi connectivity index (χ0n) is 12.6. The van der Waals surface area contributed by atoms with Gasteiger partial charge >= 0.3 is 0 Å².